The fourth-order valence-electron chi connectivity index (χ4n) is 0.803. The van der Waals surface area contributed by atoms with Crippen LogP contribution in [0, 0.1) is 0 Å². The van der Waals surface area contributed by atoms with E-state index in [-0.39, 0.29) is 10.6 Å². The maximum Gasteiger partial charge on any atom is 0.317 e. The fraction of sp³-hybridized carbons (Fsp3) is 0.750. The summed E-state index contributed by atoms with van der Waals surface area (Å²) in [4.78, 5) is 20.5. The number of halogens is 2. The summed E-state index contributed by atoms with van der Waals surface area (Å²) in [5, 5.41) is 8.53. The highest BCUT2D eigenvalue weighted by Crippen LogP contribution is 2.15. The van der Waals surface area contributed by atoms with Gasteiger partial charge in [-0.2, -0.15) is 0 Å². The van der Waals surface area contributed by atoms with Gasteiger partial charge in [0.15, 0.2) is 0 Å². The topological polar surface area (TPSA) is 54.4 Å². The molecule has 0 aliphatic heterocycles. The first-order valence-electron chi connectivity index (χ1n) is 3.96. The molecule has 5 heteroatoms. The number of rotatable bonds is 6. The molecule has 2 unspecified atom stereocenters. The van der Waals surface area contributed by atoms with E-state index in [9.17, 15) is 9.59 Å². The standard InChI is InChI=1S/C8H12Br2O3/c1-5(11)6(9)3-2-4-7(10)8(12)13/h6-7H,2-4H2,1H3,(H,12,13). The second kappa shape index (κ2) is 6.54. The van der Waals surface area contributed by atoms with Gasteiger partial charge in [0.2, 0.25) is 0 Å². The molecule has 0 amide bonds. The summed E-state index contributed by atoms with van der Waals surface area (Å²) in [5.41, 5.74) is 0. The lowest BCUT2D eigenvalue weighted by Crippen LogP contribution is -2.14. The van der Waals surface area contributed by atoms with Crippen molar-refractivity contribution in [2.75, 3.05) is 0 Å². The van der Waals surface area contributed by atoms with Gasteiger partial charge in [0.05, 0.1) is 4.83 Å². The molecule has 2 atom stereocenters. The number of hydrogen-bond acceptors (Lipinski definition) is 2. The number of Topliss-reactive ketones (excluding diaryl/α,β-unsaturated/α-hetero) is 1. The van der Waals surface area contributed by atoms with Gasteiger partial charge < -0.3 is 5.11 Å². The smallest absolute Gasteiger partial charge is 0.317 e. The summed E-state index contributed by atoms with van der Waals surface area (Å²) in [6.45, 7) is 1.52. The normalized spacial score (nSPS) is 15.0. The predicted molar refractivity (Wildman–Crippen MR) is 57.6 cm³/mol. The predicted octanol–water partition coefficient (Wildman–Crippen LogP) is 2.36. The van der Waals surface area contributed by atoms with Gasteiger partial charge in [-0.1, -0.05) is 38.3 Å². The van der Waals surface area contributed by atoms with Crippen LogP contribution in [0.3, 0.4) is 0 Å². The third-order valence-electron chi connectivity index (χ3n) is 1.62. The Balaban J connectivity index is 3.56. The molecule has 0 saturated heterocycles. The fourth-order valence-corrected chi connectivity index (χ4v) is 1.45. The molecular weight excluding hydrogens is 304 g/mol. The summed E-state index contributed by atoms with van der Waals surface area (Å²) in [6, 6.07) is 0. The van der Waals surface area contributed by atoms with E-state index in [0.29, 0.717) is 12.8 Å². The van der Waals surface area contributed by atoms with Crippen LogP contribution in [0.2, 0.25) is 0 Å². The highest BCUT2D eigenvalue weighted by molar-refractivity contribution is 9.10. The molecule has 0 aromatic rings. The van der Waals surface area contributed by atoms with Crippen LogP contribution in [0.4, 0.5) is 0 Å². The molecule has 0 rings (SSSR count). The molecule has 1 N–H and O–H groups in total. The number of ketones is 1. The molecule has 76 valence electrons. The summed E-state index contributed by atoms with van der Waals surface area (Å²) < 4.78 is 0. The number of carbonyl (C=O) groups excluding carboxylic acids is 1. The highest BCUT2D eigenvalue weighted by Gasteiger charge is 2.14. The SMILES string of the molecule is CC(=O)C(Br)CCCC(Br)C(=O)O. The Hall–Kier alpha value is 0.1000. The van der Waals surface area contributed by atoms with Crippen LogP contribution in [-0.2, 0) is 9.59 Å². The van der Waals surface area contributed by atoms with E-state index >= 15 is 0 Å². The van der Waals surface area contributed by atoms with E-state index < -0.39 is 10.8 Å². The number of carboxylic acid groups (broad SMARTS) is 1. The number of alkyl halides is 2. The zero-order valence-electron chi connectivity index (χ0n) is 7.30. The molecule has 0 saturated carbocycles. The molecule has 0 aliphatic rings. The Labute approximate surface area is 94.1 Å². The quantitative estimate of drug-likeness (QED) is 0.766. The van der Waals surface area contributed by atoms with E-state index in [0.717, 1.165) is 6.42 Å². The van der Waals surface area contributed by atoms with Gasteiger partial charge in [-0.3, -0.25) is 9.59 Å². The third kappa shape index (κ3) is 6.21. The number of carboxylic acids is 1. The van der Waals surface area contributed by atoms with Crippen molar-refractivity contribution in [3.05, 3.63) is 0 Å². The Morgan fingerprint density at radius 3 is 2.08 bits per heavy atom. The Kier molecular flexibility index (Phi) is 6.59. The van der Waals surface area contributed by atoms with E-state index in [1.54, 1.807) is 0 Å². The van der Waals surface area contributed by atoms with Crippen molar-refractivity contribution in [2.24, 2.45) is 0 Å². The lowest BCUT2D eigenvalue weighted by molar-refractivity contribution is -0.136. The lowest BCUT2D eigenvalue weighted by Gasteiger charge is -2.06. The van der Waals surface area contributed by atoms with Gasteiger partial charge in [0.25, 0.3) is 0 Å². The second-order valence-corrected chi connectivity index (χ2v) is 5.03. The largest absolute Gasteiger partial charge is 0.480 e. The number of aliphatic carboxylic acids is 1. The first-order chi connectivity index (χ1) is 5.95. The van der Waals surface area contributed by atoms with Crippen molar-refractivity contribution in [1.29, 1.82) is 0 Å². The Bertz CT molecular complexity index is 174. The van der Waals surface area contributed by atoms with Crippen molar-refractivity contribution < 1.29 is 14.7 Å². The zero-order chi connectivity index (χ0) is 10.4. The van der Waals surface area contributed by atoms with Crippen molar-refractivity contribution in [1.82, 2.24) is 0 Å². The molecule has 3 nitrogen and oxygen atoms in total. The van der Waals surface area contributed by atoms with Gasteiger partial charge in [-0.25, -0.2) is 0 Å². The van der Waals surface area contributed by atoms with Crippen LogP contribution in [0.1, 0.15) is 26.2 Å². The molecule has 0 bridgehead atoms. The van der Waals surface area contributed by atoms with Gasteiger partial charge >= 0.3 is 5.97 Å². The molecule has 0 radical (unpaired) electrons. The first-order valence-corrected chi connectivity index (χ1v) is 5.79. The third-order valence-corrected chi connectivity index (χ3v) is 3.58. The molecule has 0 spiro atoms. The van der Waals surface area contributed by atoms with Crippen LogP contribution in [-0.4, -0.2) is 26.5 Å². The van der Waals surface area contributed by atoms with E-state index in [1.165, 1.54) is 6.92 Å². The van der Waals surface area contributed by atoms with Crippen molar-refractivity contribution >= 4 is 43.6 Å². The summed E-state index contributed by atoms with van der Waals surface area (Å²) in [6.07, 6.45) is 1.95. The van der Waals surface area contributed by atoms with E-state index in [2.05, 4.69) is 31.9 Å². The molecular formula is C8H12Br2O3. The summed E-state index contributed by atoms with van der Waals surface area (Å²) >= 11 is 6.25. The van der Waals surface area contributed by atoms with Crippen LogP contribution < -0.4 is 0 Å². The molecule has 0 aromatic carbocycles. The monoisotopic (exact) mass is 314 g/mol. The average molecular weight is 316 g/mol. The van der Waals surface area contributed by atoms with Gasteiger partial charge in [0, 0.05) is 0 Å². The van der Waals surface area contributed by atoms with Crippen molar-refractivity contribution in [3.63, 3.8) is 0 Å². The van der Waals surface area contributed by atoms with Crippen molar-refractivity contribution in [2.45, 2.75) is 35.8 Å². The van der Waals surface area contributed by atoms with Crippen LogP contribution in [0.15, 0.2) is 0 Å². The summed E-state index contributed by atoms with van der Waals surface area (Å²) in [5.74, 6) is -0.768. The van der Waals surface area contributed by atoms with E-state index in [4.69, 9.17) is 5.11 Å². The Morgan fingerprint density at radius 2 is 1.69 bits per heavy atom. The molecule has 0 fully saturated rings. The van der Waals surface area contributed by atoms with Crippen LogP contribution in [0.5, 0.6) is 0 Å². The first kappa shape index (κ1) is 13.1. The van der Waals surface area contributed by atoms with Crippen molar-refractivity contribution in [3.8, 4) is 0 Å². The van der Waals surface area contributed by atoms with Gasteiger partial charge in [-0.15, -0.1) is 0 Å². The molecule has 0 aromatic heterocycles. The molecule has 0 aliphatic carbocycles. The minimum absolute atomic E-state index is 0.0847. The maximum atomic E-state index is 10.8. The second-order valence-electron chi connectivity index (χ2n) is 2.81. The molecule has 0 heterocycles. The summed E-state index contributed by atoms with van der Waals surface area (Å²) in [7, 11) is 0. The lowest BCUT2D eigenvalue weighted by atomic mass is 10.1. The highest BCUT2D eigenvalue weighted by atomic mass is 79.9. The van der Waals surface area contributed by atoms with Crippen LogP contribution in [0.25, 0.3) is 0 Å². The number of hydrogen-bond donors (Lipinski definition) is 1. The minimum Gasteiger partial charge on any atom is -0.480 e. The average Bonchev–Trinajstić information content (AvgIpc) is 2.03. The molecule has 13 heavy (non-hydrogen) atoms. The van der Waals surface area contributed by atoms with E-state index in [1.807, 2.05) is 0 Å². The van der Waals surface area contributed by atoms with Crippen LogP contribution >= 0.6 is 31.9 Å². The Morgan fingerprint density at radius 1 is 1.23 bits per heavy atom. The zero-order valence-corrected chi connectivity index (χ0v) is 10.5. The van der Waals surface area contributed by atoms with Gasteiger partial charge in [0.1, 0.15) is 10.6 Å². The minimum atomic E-state index is -0.853. The van der Waals surface area contributed by atoms with Gasteiger partial charge in [-0.05, 0) is 19.8 Å². The maximum absolute atomic E-state index is 10.8. The number of carbonyl (C=O) groups is 2.